The lowest BCUT2D eigenvalue weighted by Gasteiger charge is -2.34. The summed E-state index contributed by atoms with van der Waals surface area (Å²) in [7, 11) is -0.0796. The second-order valence-corrected chi connectivity index (χ2v) is 9.62. The second-order valence-electron chi connectivity index (χ2n) is 7.76. The molecule has 0 bridgehead atoms. The number of hydrogen-bond donors (Lipinski definition) is 1. The first-order valence-electron chi connectivity index (χ1n) is 10.2. The molecule has 0 aromatic heterocycles. The number of amides is 1. The van der Waals surface area contributed by atoms with E-state index >= 15 is 0 Å². The van der Waals surface area contributed by atoms with Gasteiger partial charge in [0.1, 0.15) is 11.8 Å². The van der Waals surface area contributed by atoms with Crippen molar-refractivity contribution in [3.63, 3.8) is 0 Å². The van der Waals surface area contributed by atoms with Gasteiger partial charge in [-0.2, -0.15) is 0 Å². The van der Waals surface area contributed by atoms with Crippen LogP contribution < -0.4 is 19.3 Å². The fourth-order valence-electron chi connectivity index (χ4n) is 3.62. The number of hydrogen-bond acceptors (Lipinski definition) is 6. The molecule has 2 aromatic rings. The topological polar surface area (TPSA) is 82.2 Å². The molecule has 0 saturated carbocycles. The number of nitrogens with one attached hydrogen (secondary N) is 1. The van der Waals surface area contributed by atoms with Crippen molar-refractivity contribution >= 4 is 33.0 Å². The first-order chi connectivity index (χ1) is 14.7. The summed E-state index contributed by atoms with van der Waals surface area (Å²) in [4.78, 5) is 17.5. The minimum atomic E-state index is -3.70. The highest BCUT2D eigenvalue weighted by Crippen LogP contribution is 2.26. The number of carbonyl (C=O) groups is 1. The maximum Gasteiger partial charge on any atom is 0.247 e. The van der Waals surface area contributed by atoms with Gasteiger partial charge < -0.3 is 19.9 Å². The minimum absolute atomic E-state index is 0.370. The van der Waals surface area contributed by atoms with E-state index in [2.05, 4.69) is 22.2 Å². The highest BCUT2D eigenvalue weighted by molar-refractivity contribution is 7.92. The van der Waals surface area contributed by atoms with Crippen LogP contribution in [0.3, 0.4) is 0 Å². The van der Waals surface area contributed by atoms with E-state index < -0.39 is 22.0 Å². The van der Waals surface area contributed by atoms with Crippen molar-refractivity contribution in [1.82, 2.24) is 4.90 Å². The van der Waals surface area contributed by atoms with Gasteiger partial charge in [-0.15, -0.1) is 0 Å². The number of likely N-dealkylation sites (N-methyl/N-ethyl adjacent to an activating group) is 1. The molecular formula is C22H30N4O4S. The first-order valence-corrected chi connectivity index (χ1v) is 12.0. The molecule has 1 heterocycles. The van der Waals surface area contributed by atoms with Crippen LogP contribution in [0.4, 0.5) is 17.1 Å². The fourth-order valence-corrected chi connectivity index (χ4v) is 4.79. The minimum Gasteiger partial charge on any atom is -0.497 e. The third kappa shape index (κ3) is 5.68. The van der Waals surface area contributed by atoms with E-state index in [0.717, 1.165) is 42.4 Å². The summed E-state index contributed by atoms with van der Waals surface area (Å²) in [5.41, 5.74) is 2.09. The lowest BCUT2D eigenvalue weighted by atomic mass is 10.2. The number of methoxy groups -OCH3 is 1. The van der Waals surface area contributed by atoms with Crippen molar-refractivity contribution in [2.45, 2.75) is 13.0 Å². The van der Waals surface area contributed by atoms with Gasteiger partial charge in [0.15, 0.2) is 0 Å². The average molecular weight is 447 g/mol. The van der Waals surface area contributed by atoms with Crippen LogP contribution in [0.25, 0.3) is 0 Å². The molecule has 0 aliphatic carbocycles. The van der Waals surface area contributed by atoms with Gasteiger partial charge in [-0.1, -0.05) is 6.07 Å². The molecule has 0 spiro atoms. The monoisotopic (exact) mass is 446 g/mol. The summed E-state index contributed by atoms with van der Waals surface area (Å²) in [5.74, 6) is 0.0962. The zero-order valence-electron chi connectivity index (χ0n) is 18.4. The highest BCUT2D eigenvalue weighted by atomic mass is 32.2. The van der Waals surface area contributed by atoms with Crippen LogP contribution in [0.1, 0.15) is 6.92 Å². The van der Waals surface area contributed by atoms with Crippen LogP contribution in [0.2, 0.25) is 0 Å². The fraction of sp³-hybridized carbons (Fsp3) is 0.409. The number of carbonyl (C=O) groups excluding carboxylic acids is 1. The Morgan fingerprint density at radius 2 is 1.74 bits per heavy atom. The third-order valence-corrected chi connectivity index (χ3v) is 6.64. The first kappa shape index (κ1) is 22.9. The molecule has 1 N–H and O–H groups in total. The molecule has 1 amide bonds. The zero-order chi connectivity index (χ0) is 22.6. The molecule has 1 aliphatic heterocycles. The van der Waals surface area contributed by atoms with E-state index in [-0.39, 0.29) is 0 Å². The second kappa shape index (κ2) is 9.57. The van der Waals surface area contributed by atoms with Crippen LogP contribution in [0.5, 0.6) is 5.75 Å². The standard InChI is InChI=1S/C22H30N4O4S/c1-17(26(31(4,28)29)20-6-5-7-21(16-20)30-3)22(27)23-18-8-10-19(11-9-18)25-14-12-24(2)13-15-25/h5-11,16-17H,12-15H2,1-4H3,(H,23,27). The van der Waals surface area contributed by atoms with Gasteiger partial charge in [0.2, 0.25) is 15.9 Å². The lowest BCUT2D eigenvalue weighted by Crippen LogP contribution is -2.45. The molecule has 1 fully saturated rings. The SMILES string of the molecule is COc1cccc(N(C(C)C(=O)Nc2ccc(N3CCN(C)CC3)cc2)S(C)(=O)=O)c1. The number of nitrogens with zero attached hydrogens (tertiary/aromatic N) is 3. The number of sulfonamides is 1. The Morgan fingerprint density at radius 1 is 1.10 bits per heavy atom. The Balaban J connectivity index is 1.73. The molecule has 31 heavy (non-hydrogen) atoms. The average Bonchev–Trinajstić information content (AvgIpc) is 2.74. The van der Waals surface area contributed by atoms with Crippen LogP contribution in [0.15, 0.2) is 48.5 Å². The Kier molecular flexibility index (Phi) is 7.07. The number of piperazine rings is 1. The van der Waals surface area contributed by atoms with Gasteiger partial charge in [-0.3, -0.25) is 9.10 Å². The molecule has 1 unspecified atom stereocenters. The van der Waals surface area contributed by atoms with E-state index in [0.29, 0.717) is 17.1 Å². The number of anilines is 3. The number of ether oxygens (including phenoxy) is 1. The van der Waals surface area contributed by atoms with Crippen molar-refractivity contribution in [3.05, 3.63) is 48.5 Å². The summed E-state index contributed by atoms with van der Waals surface area (Å²) in [6.45, 7) is 5.52. The van der Waals surface area contributed by atoms with Gasteiger partial charge in [-0.05, 0) is 50.4 Å². The van der Waals surface area contributed by atoms with E-state index in [9.17, 15) is 13.2 Å². The van der Waals surface area contributed by atoms with E-state index in [1.54, 1.807) is 31.2 Å². The largest absolute Gasteiger partial charge is 0.497 e. The highest BCUT2D eigenvalue weighted by Gasteiger charge is 2.29. The van der Waals surface area contributed by atoms with Crippen molar-refractivity contribution in [3.8, 4) is 5.75 Å². The molecule has 1 atom stereocenters. The van der Waals surface area contributed by atoms with Crippen LogP contribution >= 0.6 is 0 Å². The molecular weight excluding hydrogens is 416 g/mol. The molecule has 9 heteroatoms. The van der Waals surface area contributed by atoms with E-state index in [1.807, 2.05) is 24.3 Å². The van der Waals surface area contributed by atoms with Gasteiger partial charge in [-0.25, -0.2) is 8.42 Å². The van der Waals surface area contributed by atoms with Gasteiger partial charge in [0.25, 0.3) is 0 Å². The smallest absolute Gasteiger partial charge is 0.247 e. The Bertz CT molecular complexity index is 1000. The summed E-state index contributed by atoms with van der Waals surface area (Å²) in [5, 5.41) is 2.83. The maximum absolute atomic E-state index is 12.9. The normalized spacial score (nSPS) is 15.9. The third-order valence-electron chi connectivity index (χ3n) is 5.40. The predicted molar refractivity (Wildman–Crippen MR) is 125 cm³/mol. The quantitative estimate of drug-likeness (QED) is 0.703. The summed E-state index contributed by atoms with van der Waals surface area (Å²) in [6.07, 6.45) is 1.08. The number of rotatable bonds is 7. The van der Waals surface area contributed by atoms with Gasteiger partial charge >= 0.3 is 0 Å². The zero-order valence-corrected chi connectivity index (χ0v) is 19.2. The molecule has 1 saturated heterocycles. The van der Waals surface area contributed by atoms with Crippen molar-refractivity contribution in [1.29, 1.82) is 0 Å². The van der Waals surface area contributed by atoms with Crippen molar-refractivity contribution < 1.29 is 17.9 Å². The maximum atomic E-state index is 12.9. The number of benzene rings is 2. The Morgan fingerprint density at radius 3 is 2.32 bits per heavy atom. The summed E-state index contributed by atoms with van der Waals surface area (Å²) < 4.78 is 31.2. The van der Waals surface area contributed by atoms with Crippen molar-refractivity contribution in [2.75, 3.05) is 61.1 Å². The van der Waals surface area contributed by atoms with Crippen LogP contribution in [-0.2, 0) is 14.8 Å². The molecule has 0 radical (unpaired) electrons. The van der Waals surface area contributed by atoms with E-state index in [4.69, 9.17) is 4.74 Å². The Hall–Kier alpha value is -2.78. The predicted octanol–water partition coefficient (Wildman–Crippen LogP) is 2.24. The Labute approximate surface area is 184 Å². The van der Waals surface area contributed by atoms with Crippen LogP contribution in [0, 0.1) is 0 Å². The molecule has 1 aliphatic rings. The molecule has 2 aromatic carbocycles. The van der Waals surface area contributed by atoms with Crippen molar-refractivity contribution in [2.24, 2.45) is 0 Å². The summed E-state index contributed by atoms with van der Waals surface area (Å²) >= 11 is 0. The van der Waals surface area contributed by atoms with Gasteiger partial charge in [0.05, 0.1) is 19.1 Å². The summed E-state index contributed by atoms with van der Waals surface area (Å²) in [6, 6.07) is 13.3. The van der Waals surface area contributed by atoms with Gasteiger partial charge in [0, 0.05) is 43.6 Å². The molecule has 8 nitrogen and oxygen atoms in total. The molecule has 168 valence electrons. The molecule has 3 rings (SSSR count). The van der Waals surface area contributed by atoms with E-state index in [1.165, 1.54) is 7.11 Å². The van der Waals surface area contributed by atoms with Crippen LogP contribution in [-0.4, -0.2) is 71.9 Å². The lowest BCUT2D eigenvalue weighted by molar-refractivity contribution is -0.116.